The average molecular weight is 242 g/mol. The van der Waals surface area contributed by atoms with Crippen LogP contribution in [0.3, 0.4) is 0 Å². The van der Waals surface area contributed by atoms with Crippen molar-refractivity contribution in [2.45, 2.75) is 11.8 Å². The number of Topliss-reactive ketones (excluding diaryl/α,β-unsaturated/α-hetero) is 1. The second kappa shape index (κ2) is 5.65. The van der Waals surface area contributed by atoms with Gasteiger partial charge in [-0.25, -0.2) is 9.18 Å². The molecule has 16 heavy (non-hydrogen) atoms. The van der Waals surface area contributed by atoms with Gasteiger partial charge in [0.25, 0.3) is 5.78 Å². The van der Waals surface area contributed by atoms with Crippen LogP contribution in [0.1, 0.15) is 17.3 Å². The summed E-state index contributed by atoms with van der Waals surface area (Å²) >= 11 is 1.36. The van der Waals surface area contributed by atoms with Crippen LogP contribution in [0, 0.1) is 5.82 Å². The van der Waals surface area contributed by atoms with E-state index in [2.05, 4.69) is 4.74 Å². The molecule has 1 aromatic rings. The van der Waals surface area contributed by atoms with Crippen molar-refractivity contribution in [1.29, 1.82) is 0 Å². The van der Waals surface area contributed by atoms with Gasteiger partial charge < -0.3 is 4.74 Å². The van der Waals surface area contributed by atoms with Crippen molar-refractivity contribution in [3.8, 4) is 0 Å². The largest absolute Gasteiger partial charge is 0.460 e. The van der Waals surface area contributed by atoms with Gasteiger partial charge in [0, 0.05) is 4.90 Å². The van der Waals surface area contributed by atoms with E-state index in [0.29, 0.717) is 4.90 Å². The van der Waals surface area contributed by atoms with Crippen molar-refractivity contribution >= 4 is 23.5 Å². The zero-order valence-corrected chi connectivity index (χ0v) is 9.77. The maximum atomic E-state index is 13.3. The Balaban J connectivity index is 3.02. The molecule has 0 aliphatic rings. The Bertz CT molecular complexity index is 418. The molecule has 0 atom stereocenters. The molecule has 5 heteroatoms. The summed E-state index contributed by atoms with van der Waals surface area (Å²) in [5.41, 5.74) is -0.245. The number of benzene rings is 1. The zero-order chi connectivity index (χ0) is 12.1. The van der Waals surface area contributed by atoms with Crippen LogP contribution in [0.15, 0.2) is 23.1 Å². The fourth-order valence-corrected chi connectivity index (χ4v) is 1.55. The van der Waals surface area contributed by atoms with Gasteiger partial charge in [0.15, 0.2) is 0 Å². The third-order valence-electron chi connectivity index (χ3n) is 1.88. The van der Waals surface area contributed by atoms with Crippen molar-refractivity contribution in [3.63, 3.8) is 0 Å². The van der Waals surface area contributed by atoms with Crippen LogP contribution in [0.5, 0.6) is 0 Å². The van der Waals surface area contributed by atoms with E-state index in [-0.39, 0.29) is 12.2 Å². The standard InChI is InChI=1S/C11H11FO3S/c1-3-15-11(14)10(13)8-6-7(16-2)4-5-9(8)12/h4-6H,3H2,1-2H3. The lowest BCUT2D eigenvalue weighted by molar-refractivity contribution is -0.137. The van der Waals surface area contributed by atoms with Crippen molar-refractivity contribution < 1.29 is 18.7 Å². The van der Waals surface area contributed by atoms with Crippen LogP contribution in [0.25, 0.3) is 0 Å². The Morgan fingerprint density at radius 3 is 2.69 bits per heavy atom. The van der Waals surface area contributed by atoms with E-state index in [0.717, 1.165) is 6.07 Å². The molecule has 0 amide bonds. The Labute approximate surface area is 97.0 Å². The zero-order valence-electron chi connectivity index (χ0n) is 8.95. The lowest BCUT2D eigenvalue weighted by Crippen LogP contribution is -2.18. The molecule has 86 valence electrons. The van der Waals surface area contributed by atoms with Crippen molar-refractivity contribution in [1.82, 2.24) is 0 Å². The Morgan fingerprint density at radius 2 is 2.12 bits per heavy atom. The second-order valence-electron chi connectivity index (χ2n) is 2.90. The number of halogens is 1. The molecule has 0 bridgehead atoms. The highest BCUT2D eigenvalue weighted by Gasteiger charge is 2.21. The second-order valence-corrected chi connectivity index (χ2v) is 3.78. The van der Waals surface area contributed by atoms with Crippen molar-refractivity contribution in [3.05, 3.63) is 29.6 Å². The highest BCUT2D eigenvalue weighted by atomic mass is 32.2. The fourth-order valence-electron chi connectivity index (χ4n) is 1.11. The van der Waals surface area contributed by atoms with Gasteiger partial charge in [-0.05, 0) is 31.4 Å². The molecule has 0 aliphatic carbocycles. The third-order valence-corrected chi connectivity index (χ3v) is 2.60. The molecule has 1 aromatic carbocycles. The normalized spacial score (nSPS) is 9.94. The minimum atomic E-state index is -1.03. The number of esters is 1. The molecule has 0 unspecified atom stereocenters. The molecule has 0 aliphatic heterocycles. The SMILES string of the molecule is CCOC(=O)C(=O)c1cc(SC)ccc1F. The van der Waals surface area contributed by atoms with E-state index in [9.17, 15) is 14.0 Å². The third kappa shape index (κ3) is 2.82. The molecule has 0 fully saturated rings. The molecular weight excluding hydrogens is 231 g/mol. The number of carbonyl (C=O) groups excluding carboxylic acids is 2. The first-order valence-corrected chi connectivity index (χ1v) is 5.87. The van der Waals surface area contributed by atoms with Gasteiger partial charge in [0.1, 0.15) is 5.82 Å². The molecule has 0 heterocycles. The van der Waals surface area contributed by atoms with Gasteiger partial charge in [-0.15, -0.1) is 11.8 Å². The Hall–Kier alpha value is -1.36. The molecule has 0 saturated carbocycles. The smallest absolute Gasteiger partial charge is 0.379 e. The molecule has 3 nitrogen and oxygen atoms in total. The maximum absolute atomic E-state index is 13.3. The van der Waals surface area contributed by atoms with Crippen LogP contribution >= 0.6 is 11.8 Å². The summed E-state index contributed by atoms with van der Waals surface area (Å²) in [6.45, 7) is 1.67. The van der Waals surface area contributed by atoms with E-state index in [1.807, 2.05) is 0 Å². The topological polar surface area (TPSA) is 43.4 Å². The van der Waals surface area contributed by atoms with E-state index in [1.165, 1.54) is 17.8 Å². The van der Waals surface area contributed by atoms with Crippen LogP contribution in [0.2, 0.25) is 0 Å². The number of hydrogen-bond donors (Lipinski definition) is 0. The lowest BCUT2D eigenvalue weighted by Gasteiger charge is -2.04. The van der Waals surface area contributed by atoms with Gasteiger partial charge in [0.05, 0.1) is 12.2 Å². The van der Waals surface area contributed by atoms with E-state index in [4.69, 9.17) is 0 Å². The van der Waals surface area contributed by atoms with Crippen LogP contribution in [0.4, 0.5) is 4.39 Å². The van der Waals surface area contributed by atoms with E-state index < -0.39 is 17.6 Å². The molecular formula is C11H11FO3S. The minimum absolute atomic E-state index is 0.0917. The first kappa shape index (κ1) is 12.7. The highest BCUT2D eigenvalue weighted by molar-refractivity contribution is 7.98. The van der Waals surface area contributed by atoms with Crippen LogP contribution < -0.4 is 0 Å². The summed E-state index contributed by atoms with van der Waals surface area (Å²) in [7, 11) is 0. The number of rotatable bonds is 4. The van der Waals surface area contributed by atoms with E-state index >= 15 is 0 Å². The minimum Gasteiger partial charge on any atom is -0.460 e. The van der Waals surface area contributed by atoms with Gasteiger partial charge in [0.2, 0.25) is 0 Å². The predicted octanol–water partition coefficient (Wildman–Crippen LogP) is 2.29. The predicted molar refractivity (Wildman–Crippen MR) is 59.1 cm³/mol. The van der Waals surface area contributed by atoms with Gasteiger partial charge in [-0.2, -0.15) is 0 Å². The number of ether oxygens (including phenoxy) is 1. The number of thioether (sulfide) groups is 1. The summed E-state index contributed by atoms with van der Waals surface area (Å²) in [5.74, 6) is -2.69. The van der Waals surface area contributed by atoms with Crippen LogP contribution in [-0.2, 0) is 9.53 Å². The number of ketones is 1. The summed E-state index contributed by atoms with van der Waals surface area (Å²) in [6.07, 6.45) is 1.80. The van der Waals surface area contributed by atoms with Gasteiger partial charge in [-0.3, -0.25) is 4.79 Å². The van der Waals surface area contributed by atoms with E-state index in [1.54, 1.807) is 19.2 Å². The first-order chi connectivity index (χ1) is 7.60. The molecule has 0 spiro atoms. The first-order valence-electron chi connectivity index (χ1n) is 4.65. The van der Waals surface area contributed by atoms with Crippen LogP contribution in [-0.4, -0.2) is 24.6 Å². The lowest BCUT2D eigenvalue weighted by atomic mass is 10.1. The van der Waals surface area contributed by atoms with Crippen molar-refractivity contribution in [2.75, 3.05) is 12.9 Å². The molecule has 0 radical (unpaired) electrons. The fraction of sp³-hybridized carbons (Fsp3) is 0.273. The molecule has 0 N–H and O–H groups in total. The van der Waals surface area contributed by atoms with Crippen molar-refractivity contribution in [2.24, 2.45) is 0 Å². The summed E-state index contributed by atoms with van der Waals surface area (Å²) in [6, 6.07) is 4.06. The Kier molecular flexibility index (Phi) is 4.49. The summed E-state index contributed by atoms with van der Waals surface area (Å²) in [5, 5.41) is 0. The summed E-state index contributed by atoms with van der Waals surface area (Å²) < 4.78 is 17.8. The average Bonchev–Trinajstić information content (AvgIpc) is 2.29. The highest BCUT2D eigenvalue weighted by Crippen LogP contribution is 2.19. The quantitative estimate of drug-likeness (QED) is 0.351. The molecule has 0 aromatic heterocycles. The Morgan fingerprint density at radius 1 is 1.44 bits per heavy atom. The van der Waals surface area contributed by atoms with Gasteiger partial charge >= 0.3 is 5.97 Å². The summed E-state index contributed by atoms with van der Waals surface area (Å²) in [4.78, 5) is 23.4. The number of hydrogen-bond acceptors (Lipinski definition) is 4. The molecule has 1 rings (SSSR count). The van der Waals surface area contributed by atoms with Gasteiger partial charge in [-0.1, -0.05) is 0 Å². The maximum Gasteiger partial charge on any atom is 0.379 e. The number of carbonyl (C=O) groups is 2. The monoisotopic (exact) mass is 242 g/mol. The molecule has 0 saturated heterocycles.